The molecule has 116 valence electrons. The highest BCUT2D eigenvalue weighted by molar-refractivity contribution is 6.12. The number of rotatable bonds is 3. The predicted octanol–water partition coefficient (Wildman–Crippen LogP) is 3.21. The van der Waals surface area contributed by atoms with E-state index in [2.05, 4.69) is 0 Å². The number of esters is 1. The topological polar surface area (TPSA) is 68.5 Å². The van der Waals surface area contributed by atoms with Gasteiger partial charge in [-0.05, 0) is 25.1 Å². The van der Waals surface area contributed by atoms with Crippen LogP contribution in [0.3, 0.4) is 0 Å². The Bertz CT molecular complexity index is 881. The summed E-state index contributed by atoms with van der Waals surface area (Å²) in [6, 6.07) is 15.4. The van der Waals surface area contributed by atoms with E-state index in [0.717, 1.165) is 4.57 Å². The van der Waals surface area contributed by atoms with E-state index < -0.39 is 17.8 Å². The Morgan fingerprint density at radius 3 is 2.39 bits per heavy atom. The number of nitrogens with zero attached hydrogens (tertiary/aromatic N) is 1. The molecule has 0 unspecified atom stereocenters. The molecule has 5 heteroatoms. The molecule has 0 saturated heterocycles. The molecule has 5 nitrogen and oxygen atoms in total. The summed E-state index contributed by atoms with van der Waals surface area (Å²) in [6.07, 6.45) is 0. The summed E-state index contributed by atoms with van der Waals surface area (Å²) in [4.78, 5) is 24.9. The van der Waals surface area contributed by atoms with Crippen molar-refractivity contribution in [2.75, 3.05) is 6.61 Å². The van der Waals surface area contributed by atoms with Gasteiger partial charge in [0.15, 0.2) is 0 Å². The first-order valence-corrected chi connectivity index (χ1v) is 7.24. The SMILES string of the molecule is CCOC(=O)c1c(O)n(C(=O)c2ccccc2)c2ccccc12. The Morgan fingerprint density at radius 2 is 1.70 bits per heavy atom. The van der Waals surface area contributed by atoms with Gasteiger partial charge in [-0.3, -0.25) is 4.79 Å². The Hall–Kier alpha value is -3.08. The number of hydrogen-bond acceptors (Lipinski definition) is 4. The fourth-order valence-electron chi connectivity index (χ4n) is 2.55. The summed E-state index contributed by atoms with van der Waals surface area (Å²) in [7, 11) is 0. The summed E-state index contributed by atoms with van der Waals surface area (Å²) in [5, 5.41) is 11.0. The maximum absolute atomic E-state index is 12.7. The molecule has 2 aromatic carbocycles. The van der Waals surface area contributed by atoms with Gasteiger partial charge in [-0.15, -0.1) is 0 Å². The fraction of sp³-hybridized carbons (Fsp3) is 0.111. The van der Waals surface area contributed by atoms with E-state index in [4.69, 9.17) is 4.74 Å². The molecule has 0 atom stereocenters. The van der Waals surface area contributed by atoms with Crippen LogP contribution in [-0.4, -0.2) is 28.2 Å². The van der Waals surface area contributed by atoms with E-state index in [0.29, 0.717) is 16.5 Å². The number of para-hydroxylation sites is 1. The van der Waals surface area contributed by atoms with Crippen molar-refractivity contribution >= 4 is 22.8 Å². The van der Waals surface area contributed by atoms with E-state index >= 15 is 0 Å². The second-order valence-electron chi connectivity index (χ2n) is 4.94. The molecule has 0 radical (unpaired) electrons. The van der Waals surface area contributed by atoms with Crippen LogP contribution < -0.4 is 0 Å². The summed E-state index contributed by atoms with van der Waals surface area (Å²) >= 11 is 0. The zero-order valence-electron chi connectivity index (χ0n) is 12.5. The Morgan fingerprint density at radius 1 is 1.04 bits per heavy atom. The van der Waals surface area contributed by atoms with Gasteiger partial charge in [-0.2, -0.15) is 0 Å². The molecule has 1 aromatic heterocycles. The van der Waals surface area contributed by atoms with Crippen molar-refractivity contribution in [2.24, 2.45) is 0 Å². The van der Waals surface area contributed by atoms with Crippen molar-refractivity contribution in [3.8, 4) is 5.88 Å². The van der Waals surface area contributed by atoms with Crippen LogP contribution in [0.15, 0.2) is 54.6 Å². The molecule has 0 spiro atoms. The molecule has 1 N–H and O–H groups in total. The highest BCUT2D eigenvalue weighted by Crippen LogP contribution is 2.32. The Kier molecular flexibility index (Phi) is 3.85. The summed E-state index contributed by atoms with van der Waals surface area (Å²) in [6.45, 7) is 1.87. The number of ether oxygens (including phenoxy) is 1. The van der Waals surface area contributed by atoms with Gasteiger partial charge in [0.1, 0.15) is 5.56 Å². The molecule has 0 fully saturated rings. The molecule has 1 heterocycles. The van der Waals surface area contributed by atoms with Gasteiger partial charge in [0.25, 0.3) is 5.91 Å². The van der Waals surface area contributed by atoms with E-state index in [9.17, 15) is 14.7 Å². The number of benzene rings is 2. The van der Waals surface area contributed by atoms with Gasteiger partial charge in [-0.25, -0.2) is 9.36 Å². The fourth-order valence-corrected chi connectivity index (χ4v) is 2.55. The number of carbonyl (C=O) groups excluding carboxylic acids is 2. The predicted molar refractivity (Wildman–Crippen MR) is 85.7 cm³/mol. The molecule has 3 rings (SSSR count). The first-order valence-electron chi connectivity index (χ1n) is 7.24. The molecule has 0 aliphatic carbocycles. The lowest BCUT2D eigenvalue weighted by molar-refractivity contribution is 0.0525. The third-order valence-electron chi connectivity index (χ3n) is 3.55. The summed E-state index contributed by atoms with van der Waals surface area (Å²) in [5.74, 6) is -1.46. The van der Waals surface area contributed by atoms with Crippen LogP contribution in [-0.2, 0) is 4.74 Å². The minimum atomic E-state index is -0.652. The van der Waals surface area contributed by atoms with Gasteiger partial charge in [0, 0.05) is 10.9 Å². The normalized spacial score (nSPS) is 10.7. The van der Waals surface area contributed by atoms with Crippen LogP contribution in [0.4, 0.5) is 0 Å². The van der Waals surface area contributed by atoms with Crippen LogP contribution >= 0.6 is 0 Å². The molecule has 0 amide bonds. The number of aromatic hydroxyl groups is 1. The molecular formula is C18H15NO4. The monoisotopic (exact) mass is 309 g/mol. The molecular weight excluding hydrogens is 294 g/mol. The maximum Gasteiger partial charge on any atom is 0.344 e. The Labute approximate surface area is 132 Å². The summed E-state index contributed by atoms with van der Waals surface area (Å²) in [5.41, 5.74) is 0.882. The van der Waals surface area contributed by atoms with Gasteiger partial charge in [0.05, 0.1) is 12.1 Å². The summed E-state index contributed by atoms with van der Waals surface area (Å²) < 4.78 is 6.13. The number of fused-ring (bicyclic) bond motifs is 1. The standard InChI is InChI=1S/C18H15NO4/c1-2-23-18(22)15-13-10-6-7-11-14(13)19(17(15)21)16(20)12-8-4-3-5-9-12/h3-11,21H,2H2,1H3. The quantitative estimate of drug-likeness (QED) is 0.754. The molecule has 0 aliphatic heterocycles. The van der Waals surface area contributed by atoms with Crippen molar-refractivity contribution in [1.29, 1.82) is 0 Å². The second-order valence-corrected chi connectivity index (χ2v) is 4.94. The van der Waals surface area contributed by atoms with Crippen molar-refractivity contribution in [1.82, 2.24) is 4.57 Å². The number of aromatic nitrogens is 1. The van der Waals surface area contributed by atoms with Gasteiger partial charge in [0.2, 0.25) is 5.88 Å². The van der Waals surface area contributed by atoms with Crippen LogP contribution in [0.1, 0.15) is 27.6 Å². The lowest BCUT2D eigenvalue weighted by atomic mass is 10.2. The van der Waals surface area contributed by atoms with Crippen molar-refractivity contribution < 1.29 is 19.4 Å². The van der Waals surface area contributed by atoms with Crippen molar-refractivity contribution in [3.05, 3.63) is 65.7 Å². The minimum Gasteiger partial charge on any atom is -0.493 e. The largest absolute Gasteiger partial charge is 0.493 e. The first kappa shape index (κ1) is 14.8. The lowest BCUT2D eigenvalue weighted by Gasteiger charge is -2.06. The van der Waals surface area contributed by atoms with Crippen molar-refractivity contribution in [3.63, 3.8) is 0 Å². The Balaban J connectivity index is 2.24. The van der Waals surface area contributed by atoms with Gasteiger partial charge in [-0.1, -0.05) is 36.4 Å². The average Bonchev–Trinajstić information content (AvgIpc) is 2.87. The maximum atomic E-state index is 12.7. The third-order valence-corrected chi connectivity index (χ3v) is 3.55. The lowest BCUT2D eigenvalue weighted by Crippen LogP contribution is -2.12. The zero-order valence-corrected chi connectivity index (χ0v) is 12.5. The van der Waals surface area contributed by atoms with E-state index in [1.165, 1.54) is 0 Å². The highest BCUT2D eigenvalue weighted by atomic mass is 16.5. The van der Waals surface area contributed by atoms with Crippen LogP contribution in [0.2, 0.25) is 0 Å². The van der Waals surface area contributed by atoms with E-state index in [-0.39, 0.29) is 12.2 Å². The first-order chi connectivity index (χ1) is 11.1. The zero-order chi connectivity index (χ0) is 16.4. The third kappa shape index (κ3) is 2.46. The van der Waals surface area contributed by atoms with Crippen LogP contribution in [0, 0.1) is 0 Å². The highest BCUT2D eigenvalue weighted by Gasteiger charge is 2.26. The molecule has 23 heavy (non-hydrogen) atoms. The van der Waals surface area contributed by atoms with E-state index in [1.54, 1.807) is 61.5 Å². The van der Waals surface area contributed by atoms with Gasteiger partial charge < -0.3 is 9.84 Å². The number of carbonyl (C=O) groups is 2. The molecule has 0 bridgehead atoms. The number of hydrogen-bond donors (Lipinski definition) is 1. The van der Waals surface area contributed by atoms with Crippen molar-refractivity contribution in [2.45, 2.75) is 6.92 Å². The molecule has 0 aliphatic rings. The average molecular weight is 309 g/mol. The van der Waals surface area contributed by atoms with Crippen LogP contribution in [0.5, 0.6) is 5.88 Å². The van der Waals surface area contributed by atoms with E-state index in [1.807, 2.05) is 0 Å². The second kappa shape index (κ2) is 5.96. The minimum absolute atomic E-state index is 0.00623. The van der Waals surface area contributed by atoms with Gasteiger partial charge >= 0.3 is 5.97 Å². The smallest absolute Gasteiger partial charge is 0.344 e. The molecule has 0 saturated carbocycles. The molecule has 3 aromatic rings. The van der Waals surface area contributed by atoms with Crippen LogP contribution in [0.25, 0.3) is 10.9 Å².